The van der Waals surface area contributed by atoms with Gasteiger partial charge in [0.25, 0.3) is 10.0 Å². The monoisotopic (exact) mass is 419 g/mol. The third-order valence-electron chi connectivity index (χ3n) is 4.15. The second-order valence-corrected chi connectivity index (χ2v) is 8.23. The van der Waals surface area contributed by atoms with Crippen molar-refractivity contribution in [3.63, 3.8) is 0 Å². The number of ether oxygens (including phenoxy) is 1. The van der Waals surface area contributed by atoms with Gasteiger partial charge in [-0.25, -0.2) is 4.79 Å². The van der Waals surface area contributed by atoms with Crippen molar-refractivity contribution in [1.29, 1.82) is 0 Å². The molecule has 0 aliphatic carbocycles. The highest BCUT2D eigenvalue weighted by Gasteiger charge is 2.31. The van der Waals surface area contributed by atoms with Crippen molar-refractivity contribution in [3.05, 3.63) is 76.9 Å². The Hall–Kier alpha value is -2.84. The number of sulfonamides is 1. The van der Waals surface area contributed by atoms with Gasteiger partial charge in [0.1, 0.15) is 5.56 Å². The van der Waals surface area contributed by atoms with Gasteiger partial charge in [-0.05, 0) is 23.8 Å². The molecule has 0 saturated heterocycles. The molecule has 0 bridgehead atoms. The van der Waals surface area contributed by atoms with Crippen LogP contribution in [0.4, 0.5) is 5.69 Å². The third-order valence-corrected chi connectivity index (χ3v) is 6.24. The quantitative estimate of drug-likeness (QED) is 0.573. The van der Waals surface area contributed by atoms with E-state index in [1.807, 2.05) is 6.07 Å². The number of hydrogen-bond acceptors (Lipinski definition) is 5. The Balaban J connectivity index is 2.05. The smallest absolute Gasteiger partial charge is 0.342 e. The molecule has 2 aromatic carbocycles. The number of carbonyl (C=O) groups is 1. The van der Waals surface area contributed by atoms with Gasteiger partial charge in [-0.3, -0.25) is 8.99 Å². The van der Waals surface area contributed by atoms with Crippen molar-refractivity contribution >= 4 is 33.3 Å². The molecule has 1 heterocycles. The summed E-state index contributed by atoms with van der Waals surface area (Å²) in [5.41, 5.74) is 1.04. The lowest BCUT2D eigenvalue weighted by Crippen LogP contribution is -2.28. The fourth-order valence-electron chi connectivity index (χ4n) is 2.63. The molecule has 0 N–H and O–H groups in total. The van der Waals surface area contributed by atoms with Crippen LogP contribution in [0.15, 0.2) is 65.8 Å². The highest BCUT2D eigenvalue weighted by Crippen LogP contribution is 2.25. The van der Waals surface area contributed by atoms with E-state index in [0.29, 0.717) is 10.7 Å². The highest BCUT2D eigenvalue weighted by molar-refractivity contribution is 7.92. The molecular weight excluding hydrogens is 402 g/mol. The van der Waals surface area contributed by atoms with E-state index in [9.17, 15) is 13.2 Å². The summed E-state index contributed by atoms with van der Waals surface area (Å²) in [6.45, 7) is 0.203. The number of methoxy groups -OCH3 is 1. The summed E-state index contributed by atoms with van der Waals surface area (Å²) in [6.07, 6.45) is 1.35. The van der Waals surface area contributed by atoms with Crippen molar-refractivity contribution in [2.75, 3.05) is 18.5 Å². The number of hydrogen-bond donors (Lipinski definition) is 0. The molecule has 7 nitrogen and oxygen atoms in total. The van der Waals surface area contributed by atoms with Gasteiger partial charge in [-0.2, -0.15) is 13.5 Å². The van der Waals surface area contributed by atoms with Gasteiger partial charge in [-0.1, -0.05) is 48.0 Å². The maximum absolute atomic E-state index is 13.1. The molecule has 1 aromatic heterocycles. The normalized spacial score (nSPS) is 11.2. The Labute approximate surface area is 168 Å². The number of benzene rings is 2. The second-order valence-electron chi connectivity index (χ2n) is 5.94. The molecule has 0 spiro atoms. The molecule has 0 radical (unpaired) electrons. The molecule has 146 valence electrons. The van der Waals surface area contributed by atoms with Crippen LogP contribution in [0.2, 0.25) is 5.02 Å². The van der Waals surface area contributed by atoms with Crippen LogP contribution < -0.4 is 4.31 Å². The lowest BCUT2D eigenvalue weighted by molar-refractivity contribution is 0.0596. The molecule has 0 saturated carbocycles. The zero-order valence-electron chi connectivity index (χ0n) is 15.2. The Morgan fingerprint density at radius 3 is 2.43 bits per heavy atom. The fourth-order valence-corrected chi connectivity index (χ4v) is 4.11. The van der Waals surface area contributed by atoms with E-state index in [1.54, 1.807) is 48.5 Å². The molecule has 0 amide bonds. The van der Waals surface area contributed by atoms with Crippen LogP contribution in [0.1, 0.15) is 15.9 Å². The SMILES string of the molecule is COC(=O)c1cn(Cc2ccccc2Cl)nc1S(=O)(=O)N(C)c1ccccc1. The number of nitrogens with zero attached hydrogens (tertiary/aromatic N) is 3. The zero-order valence-corrected chi connectivity index (χ0v) is 16.8. The van der Waals surface area contributed by atoms with Crippen molar-refractivity contribution in [2.24, 2.45) is 0 Å². The van der Waals surface area contributed by atoms with E-state index < -0.39 is 16.0 Å². The van der Waals surface area contributed by atoms with Crippen molar-refractivity contribution < 1.29 is 17.9 Å². The maximum Gasteiger partial charge on any atom is 0.342 e. The average Bonchev–Trinajstić information content (AvgIpc) is 3.14. The van der Waals surface area contributed by atoms with E-state index in [1.165, 1.54) is 25.0 Å². The molecular formula is C19H18ClN3O4S. The molecule has 3 aromatic rings. The van der Waals surface area contributed by atoms with Crippen LogP contribution in [-0.2, 0) is 21.3 Å². The van der Waals surface area contributed by atoms with Gasteiger partial charge in [0.2, 0.25) is 5.03 Å². The van der Waals surface area contributed by atoms with Gasteiger partial charge in [0.05, 0.1) is 19.3 Å². The van der Waals surface area contributed by atoms with Gasteiger partial charge in [-0.15, -0.1) is 0 Å². The summed E-state index contributed by atoms with van der Waals surface area (Å²) >= 11 is 6.17. The molecule has 0 fully saturated rings. The minimum absolute atomic E-state index is 0.141. The molecule has 0 aliphatic rings. The van der Waals surface area contributed by atoms with E-state index in [4.69, 9.17) is 16.3 Å². The summed E-state index contributed by atoms with van der Waals surface area (Å²) in [7, 11) is -1.50. The average molecular weight is 420 g/mol. The Bertz CT molecular complexity index is 1100. The van der Waals surface area contributed by atoms with Gasteiger partial charge in [0, 0.05) is 18.3 Å². The lowest BCUT2D eigenvalue weighted by atomic mass is 10.2. The van der Waals surface area contributed by atoms with Crippen LogP contribution in [0, 0.1) is 0 Å². The van der Waals surface area contributed by atoms with Crippen LogP contribution in [-0.4, -0.2) is 38.3 Å². The zero-order chi connectivity index (χ0) is 20.3. The van der Waals surface area contributed by atoms with E-state index in [2.05, 4.69) is 5.10 Å². The number of carbonyl (C=O) groups excluding carboxylic acids is 1. The third kappa shape index (κ3) is 3.88. The van der Waals surface area contributed by atoms with Crippen molar-refractivity contribution in [1.82, 2.24) is 9.78 Å². The van der Waals surface area contributed by atoms with Crippen LogP contribution in [0.25, 0.3) is 0 Å². The van der Waals surface area contributed by atoms with Crippen LogP contribution in [0.5, 0.6) is 0 Å². The molecule has 9 heteroatoms. The minimum atomic E-state index is -4.09. The topological polar surface area (TPSA) is 81.5 Å². The number of anilines is 1. The standard InChI is InChI=1S/C19H18ClN3O4S/c1-22(15-9-4-3-5-10-15)28(25,26)18-16(19(24)27-2)13-23(21-18)12-14-8-6-7-11-17(14)20/h3-11,13H,12H2,1-2H3. The largest absolute Gasteiger partial charge is 0.465 e. The Morgan fingerprint density at radius 2 is 1.79 bits per heavy atom. The summed E-state index contributed by atoms with van der Waals surface area (Å²) in [5.74, 6) is -0.787. The number of para-hydroxylation sites is 1. The first-order valence-corrected chi connectivity index (χ1v) is 10.1. The summed E-state index contributed by atoms with van der Waals surface area (Å²) in [6, 6.07) is 15.6. The summed E-state index contributed by atoms with van der Waals surface area (Å²) < 4.78 is 33.4. The molecule has 3 rings (SSSR count). The van der Waals surface area contributed by atoms with E-state index >= 15 is 0 Å². The van der Waals surface area contributed by atoms with Gasteiger partial charge >= 0.3 is 5.97 Å². The predicted octanol–water partition coefficient (Wildman–Crippen LogP) is 3.20. The molecule has 0 aliphatic heterocycles. The predicted molar refractivity (Wildman–Crippen MR) is 106 cm³/mol. The molecule has 0 atom stereocenters. The van der Waals surface area contributed by atoms with Crippen molar-refractivity contribution in [3.8, 4) is 0 Å². The number of rotatable bonds is 6. The highest BCUT2D eigenvalue weighted by atomic mass is 35.5. The maximum atomic E-state index is 13.1. The second kappa shape index (κ2) is 8.04. The van der Waals surface area contributed by atoms with Gasteiger partial charge in [0.15, 0.2) is 0 Å². The molecule has 28 heavy (non-hydrogen) atoms. The fraction of sp³-hybridized carbons (Fsp3) is 0.158. The first kappa shape index (κ1) is 19.9. The summed E-state index contributed by atoms with van der Waals surface area (Å²) in [5, 5.41) is 4.30. The number of halogens is 1. The van der Waals surface area contributed by atoms with Gasteiger partial charge < -0.3 is 4.74 Å². The number of esters is 1. The minimum Gasteiger partial charge on any atom is -0.465 e. The molecule has 0 unspecified atom stereocenters. The van der Waals surface area contributed by atoms with E-state index in [-0.39, 0.29) is 17.1 Å². The first-order chi connectivity index (χ1) is 13.3. The van der Waals surface area contributed by atoms with Crippen LogP contribution >= 0.6 is 11.6 Å². The van der Waals surface area contributed by atoms with Crippen LogP contribution in [0.3, 0.4) is 0 Å². The summed E-state index contributed by atoms with van der Waals surface area (Å²) in [4.78, 5) is 12.2. The first-order valence-electron chi connectivity index (χ1n) is 8.27. The van der Waals surface area contributed by atoms with E-state index in [0.717, 1.165) is 9.87 Å². The Morgan fingerprint density at radius 1 is 1.14 bits per heavy atom. The lowest BCUT2D eigenvalue weighted by Gasteiger charge is -2.18. The Kier molecular flexibility index (Phi) is 5.71. The number of aromatic nitrogens is 2. The van der Waals surface area contributed by atoms with Crippen molar-refractivity contribution in [2.45, 2.75) is 11.6 Å².